The van der Waals surface area contributed by atoms with E-state index in [1.54, 1.807) is 37.1 Å². The molecule has 1 atom stereocenters. The normalized spacial score (nSPS) is 15.2. The molecular weight excluding hydrogens is 168 g/mol. The summed E-state index contributed by atoms with van der Waals surface area (Å²) in [6.07, 6.45) is 3.45. The number of carbonyl (C=O) groups excluding carboxylic acids is 1. The Morgan fingerprint density at radius 1 is 1.77 bits per heavy atom. The second-order valence-corrected chi connectivity index (χ2v) is 3.15. The Hall–Kier alpha value is -1.36. The third kappa shape index (κ3) is 2.06. The van der Waals surface area contributed by atoms with Gasteiger partial charge in [0.25, 0.3) is 0 Å². The minimum Gasteiger partial charge on any atom is -0.368 e. The third-order valence-electron chi connectivity index (χ3n) is 2.13. The molecule has 0 saturated heterocycles. The van der Waals surface area contributed by atoms with E-state index >= 15 is 0 Å². The van der Waals surface area contributed by atoms with Crippen molar-refractivity contribution in [1.82, 2.24) is 15.1 Å². The van der Waals surface area contributed by atoms with Crippen LogP contribution in [-0.2, 0) is 11.3 Å². The van der Waals surface area contributed by atoms with E-state index in [1.165, 1.54) is 0 Å². The molecule has 5 heteroatoms. The van der Waals surface area contributed by atoms with Gasteiger partial charge in [-0.05, 0) is 20.0 Å². The minimum absolute atomic E-state index is 0.384. The number of nitrogens with two attached hydrogens (primary N) is 1. The quantitative estimate of drug-likeness (QED) is 0.649. The molecule has 13 heavy (non-hydrogen) atoms. The van der Waals surface area contributed by atoms with Crippen molar-refractivity contribution in [2.75, 3.05) is 7.05 Å². The molecule has 5 nitrogen and oxygen atoms in total. The monoisotopic (exact) mass is 182 g/mol. The van der Waals surface area contributed by atoms with Crippen molar-refractivity contribution in [3.8, 4) is 0 Å². The van der Waals surface area contributed by atoms with Crippen molar-refractivity contribution in [3.63, 3.8) is 0 Å². The fraction of sp³-hybridized carbons (Fsp3) is 0.500. The van der Waals surface area contributed by atoms with Gasteiger partial charge in [-0.2, -0.15) is 5.10 Å². The molecule has 1 aromatic rings. The zero-order valence-corrected chi connectivity index (χ0v) is 7.82. The number of nitrogens with zero attached hydrogens (tertiary/aromatic N) is 2. The first-order valence-electron chi connectivity index (χ1n) is 4.05. The van der Waals surface area contributed by atoms with Crippen LogP contribution < -0.4 is 11.1 Å². The summed E-state index contributed by atoms with van der Waals surface area (Å²) >= 11 is 0. The second-order valence-electron chi connectivity index (χ2n) is 3.15. The molecule has 0 spiro atoms. The van der Waals surface area contributed by atoms with Crippen LogP contribution >= 0.6 is 0 Å². The van der Waals surface area contributed by atoms with Gasteiger partial charge in [-0.25, -0.2) is 0 Å². The maximum atomic E-state index is 11.1. The largest absolute Gasteiger partial charge is 0.368 e. The number of amides is 1. The van der Waals surface area contributed by atoms with E-state index in [9.17, 15) is 4.79 Å². The number of rotatable bonds is 4. The molecule has 1 heterocycles. The predicted octanol–water partition coefficient (Wildman–Crippen LogP) is -0.654. The summed E-state index contributed by atoms with van der Waals surface area (Å²) in [6, 6.07) is 1.80. The smallest absolute Gasteiger partial charge is 0.239 e. The third-order valence-corrected chi connectivity index (χ3v) is 2.13. The summed E-state index contributed by atoms with van der Waals surface area (Å²) in [5, 5.41) is 6.88. The standard InChI is InChI=1S/C8H14N4O/c1-8(10-2,7(9)13)6-12-5-3-4-11-12/h3-5,10H,6H2,1-2H3,(H2,9,13). The van der Waals surface area contributed by atoms with Crippen LogP contribution in [-0.4, -0.2) is 28.3 Å². The Bertz CT molecular complexity index is 282. The van der Waals surface area contributed by atoms with Gasteiger partial charge in [0.15, 0.2) is 0 Å². The van der Waals surface area contributed by atoms with Crippen LogP contribution in [0, 0.1) is 0 Å². The molecule has 1 amide bonds. The van der Waals surface area contributed by atoms with Crippen molar-refractivity contribution in [2.24, 2.45) is 5.73 Å². The molecule has 1 aromatic heterocycles. The van der Waals surface area contributed by atoms with Gasteiger partial charge in [-0.15, -0.1) is 0 Å². The SMILES string of the molecule is CNC(C)(Cn1cccn1)C(N)=O. The van der Waals surface area contributed by atoms with Crippen LogP contribution in [0.3, 0.4) is 0 Å². The van der Waals surface area contributed by atoms with E-state index in [0.29, 0.717) is 6.54 Å². The highest BCUT2D eigenvalue weighted by Gasteiger charge is 2.29. The summed E-state index contributed by atoms with van der Waals surface area (Å²) in [4.78, 5) is 11.1. The average Bonchev–Trinajstić information content (AvgIpc) is 2.56. The Balaban J connectivity index is 2.75. The molecule has 0 aliphatic carbocycles. The van der Waals surface area contributed by atoms with Gasteiger partial charge in [-0.1, -0.05) is 0 Å². The van der Waals surface area contributed by atoms with Crippen LogP contribution in [0.25, 0.3) is 0 Å². The lowest BCUT2D eigenvalue weighted by molar-refractivity contribution is -0.124. The minimum atomic E-state index is -0.744. The lowest BCUT2D eigenvalue weighted by Gasteiger charge is -2.24. The molecule has 3 N–H and O–H groups in total. The Morgan fingerprint density at radius 3 is 2.85 bits per heavy atom. The number of aromatic nitrogens is 2. The van der Waals surface area contributed by atoms with Gasteiger partial charge >= 0.3 is 0 Å². The number of nitrogens with one attached hydrogen (secondary N) is 1. The maximum absolute atomic E-state index is 11.1. The predicted molar refractivity (Wildman–Crippen MR) is 48.9 cm³/mol. The zero-order valence-electron chi connectivity index (χ0n) is 7.82. The first-order chi connectivity index (χ1) is 6.08. The van der Waals surface area contributed by atoms with E-state index in [0.717, 1.165) is 0 Å². The Kier molecular flexibility index (Phi) is 2.67. The number of carbonyl (C=O) groups is 1. The Morgan fingerprint density at radius 2 is 2.46 bits per heavy atom. The van der Waals surface area contributed by atoms with E-state index in [-0.39, 0.29) is 5.91 Å². The zero-order chi connectivity index (χ0) is 9.90. The van der Waals surface area contributed by atoms with Crippen molar-refractivity contribution in [2.45, 2.75) is 19.0 Å². The number of hydrogen-bond acceptors (Lipinski definition) is 3. The molecular formula is C8H14N4O. The molecule has 0 aromatic carbocycles. The van der Waals surface area contributed by atoms with Crippen LogP contribution in [0.15, 0.2) is 18.5 Å². The summed E-state index contributed by atoms with van der Waals surface area (Å²) in [5.41, 5.74) is 4.51. The first kappa shape index (κ1) is 9.73. The molecule has 0 aliphatic heterocycles. The fourth-order valence-corrected chi connectivity index (χ4v) is 0.998. The molecule has 1 rings (SSSR count). The maximum Gasteiger partial charge on any atom is 0.239 e. The first-order valence-corrected chi connectivity index (χ1v) is 4.05. The fourth-order valence-electron chi connectivity index (χ4n) is 0.998. The molecule has 72 valence electrons. The van der Waals surface area contributed by atoms with Crippen molar-refractivity contribution < 1.29 is 4.79 Å². The highest BCUT2D eigenvalue weighted by molar-refractivity contribution is 5.84. The van der Waals surface area contributed by atoms with E-state index in [1.807, 2.05) is 0 Å². The summed E-state index contributed by atoms with van der Waals surface area (Å²) in [6.45, 7) is 2.18. The summed E-state index contributed by atoms with van der Waals surface area (Å²) < 4.78 is 1.67. The van der Waals surface area contributed by atoms with Gasteiger partial charge in [0.1, 0.15) is 5.54 Å². The molecule has 0 saturated carbocycles. The van der Waals surface area contributed by atoms with E-state index in [4.69, 9.17) is 5.73 Å². The molecule has 0 aliphatic rings. The topological polar surface area (TPSA) is 72.9 Å². The lowest BCUT2D eigenvalue weighted by Crippen LogP contribution is -2.54. The van der Waals surface area contributed by atoms with E-state index in [2.05, 4.69) is 10.4 Å². The van der Waals surface area contributed by atoms with Crippen molar-refractivity contribution in [1.29, 1.82) is 0 Å². The van der Waals surface area contributed by atoms with Gasteiger partial charge < -0.3 is 11.1 Å². The molecule has 1 unspecified atom stereocenters. The Labute approximate surface area is 76.9 Å². The molecule has 0 radical (unpaired) electrons. The summed E-state index contributed by atoms with van der Waals surface area (Å²) in [5.74, 6) is -0.384. The van der Waals surface area contributed by atoms with Crippen LogP contribution in [0.5, 0.6) is 0 Å². The van der Waals surface area contributed by atoms with Crippen molar-refractivity contribution >= 4 is 5.91 Å². The highest BCUT2D eigenvalue weighted by atomic mass is 16.1. The van der Waals surface area contributed by atoms with Crippen LogP contribution in [0.1, 0.15) is 6.92 Å². The number of likely N-dealkylation sites (N-methyl/N-ethyl adjacent to an activating group) is 1. The van der Waals surface area contributed by atoms with Gasteiger partial charge in [-0.3, -0.25) is 9.48 Å². The summed E-state index contributed by atoms with van der Waals surface area (Å²) in [7, 11) is 1.70. The van der Waals surface area contributed by atoms with E-state index < -0.39 is 5.54 Å². The highest BCUT2D eigenvalue weighted by Crippen LogP contribution is 2.04. The van der Waals surface area contributed by atoms with Crippen LogP contribution in [0.4, 0.5) is 0 Å². The van der Waals surface area contributed by atoms with Crippen LogP contribution in [0.2, 0.25) is 0 Å². The second kappa shape index (κ2) is 3.57. The molecule has 0 bridgehead atoms. The lowest BCUT2D eigenvalue weighted by atomic mass is 10.0. The average molecular weight is 182 g/mol. The van der Waals surface area contributed by atoms with Gasteiger partial charge in [0, 0.05) is 12.4 Å². The van der Waals surface area contributed by atoms with Gasteiger partial charge in [0.2, 0.25) is 5.91 Å². The van der Waals surface area contributed by atoms with Crippen molar-refractivity contribution in [3.05, 3.63) is 18.5 Å². The molecule has 0 fully saturated rings. The van der Waals surface area contributed by atoms with Gasteiger partial charge in [0.05, 0.1) is 6.54 Å². The number of hydrogen-bond donors (Lipinski definition) is 2. The number of primary amides is 1.